The number of hydrogen-bond donors (Lipinski definition) is 2. The van der Waals surface area contributed by atoms with Gasteiger partial charge in [-0.15, -0.1) is 0 Å². The molecule has 0 saturated carbocycles. The monoisotopic (exact) mass is 198 g/mol. The van der Waals surface area contributed by atoms with E-state index < -0.39 is 12.1 Å². The number of amides is 3. The third-order valence-corrected chi connectivity index (χ3v) is 1.42. The first-order chi connectivity index (χ1) is 6.65. The van der Waals surface area contributed by atoms with Crippen LogP contribution in [-0.4, -0.2) is 38.8 Å². The largest absolute Gasteiger partial charge is 0.529 e. The first-order valence-corrected chi connectivity index (χ1v) is 3.80. The van der Waals surface area contributed by atoms with Gasteiger partial charge in [-0.25, -0.2) is 9.89 Å². The number of hydrogen-bond acceptors (Lipinski definition) is 5. The van der Waals surface area contributed by atoms with Crippen LogP contribution in [0.15, 0.2) is 6.33 Å². The van der Waals surface area contributed by atoms with Crippen molar-refractivity contribution in [3.8, 4) is 0 Å². The molecule has 1 heterocycles. The Balaban J connectivity index is 2.61. The summed E-state index contributed by atoms with van der Waals surface area (Å²) in [6.45, 7) is 1.51. The first kappa shape index (κ1) is 9.96. The fraction of sp³-hybridized carbons (Fsp3) is 0.333. The van der Waals surface area contributed by atoms with Crippen LogP contribution in [0.3, 0.4) is 0 Å². The zero-order valence-electron chi connectivity index (χ0n) is 7.35. The van der Waals surface area contributed by atoms with E-state index in [1.165, 1.54) is 13.3 Å². The van der Waals surface area contributed by atoms with Gasteiger partial charge in [0.25, 0.3) is 0 Å². The van der Waals surface area contributed by atoms with Crippen molar-refractivity contribution in [1.29, 1.82) is 0 Å². The zero-order chi connectivity index (χ0) is 10.6. The molecule has 1 rings (SSSR count). The molecule has 0 radical (unpaired) electrons. The molecule has 0 bridgehead atoms. The second-order valence-corrected chi connectivity index (χ2v) is 2.27. The lowest BCUT2D eigenvalue weighted by atomic mass is 10.6. The summed E-state index contributed by atoms with van der Waals surface area (Å²) in [4.78, 5) is 25.7. The predicted octanol–water partition coefficient (Wildman–Crippen LogP) is -0.998. The van der Waals surface area contributed by atoms with E-state index in [4.69, 9.17) is 0 Å². The number of carbonyl (C=O) groups is 2. The lowest BCUT2D eigenvalue weighted by molar-refractivity contribution is -0.261. The van der Waals surface area contributed by atoms with E-state index in [1.54, 1.807) is 0 Å². The van der Waals surface area contributed by atoms with E-state index >= 15 is 0 Å². The predicted molar refractivity (Wildman–Crippen MR) is 43.2 cm³/mol. The zero-order valence-corrected chi connectivity index (χ0v) is 7.35. The van der Waals surface area contributed by atoms with Gasteiger partial charge < -0.3 is 9.90 Å². The minimum atomic E-state index is -1.57. The van der Waals surface area contributed by atoms with Crippen molar-refractivity contribution in [3.63, 3.8) is 0 Å². The van der Waals surface area contributed by atoms with E-state index in [2.05, 4.69) is 20.5 Å². The lowest BCUT2D eigenvalue weighted by Gasteiger charge is -2.20. The number of aromatic amines is 1. The number of nitrogens with zero attached hydrogens (tertiary/aromatic N) is 3. The van der Waals surface area contributed by atoms with E-state index in [9.17, 15) is 14.7 Å². The van der Waals surface area contributed by atoms with Crippen LogP contribution in [0.5, 0.6) is 0 Å². The lowest BCUT2D eigenvalue weighted by Crippen LogP contribution is -2.47. The molecule has 8 heteroatoms. The number of carbonyl (C=O) groups excluding carboxylic acids is 2. The van der Waals surface area contributed by atoms with Gasteiger partial charge in [-0.3, -0.25) is 10.2 Å². The Morgan fingerprint density at radius 2 is 2.43 bits per heavy atom. The minimum Gasteiger partial charge on any atom is -0.529 e. The van der Waals surface area contributed by atoms with E-state index in [0.29, 0.717) is 4.90 Å². The molecular weight excluding hydrogens is 190 g/mol. The van der Waals surface area contributed by atoms with E-state index in [1.807, 2.05) is 0 Å². The second-order valence-electron chi connectivity index (χ2n) is 2.27. The van der Waals surface area contributed by atoms with Gasteiger partial charge in [-0.2, -0.15) is 10.1 Å². The molecule has 76 valence electrons. The maximum absolute atomic E-state index is 11.2. The summed E-state index contributed by atoms with van der Waals surface area (Å²) in [5, 5.41) is 18.4. The average Bonchev–Trinajstić information content (AvgIpc) is 2.57. The minimum absolute atomic E-state index is 0.00229. The van der Waals surface area contributed by atoms with Gasteiger partial charge in [0.05, 0.1) is 0 Å². The van der Waals surface area contributed by atoms with Crippen LogP contribution in [0.4, 0.5) is 15.5 Å². The maximum atomic E-state index is 11.2. The van der Waals surface area contributed by atoms with Crippen molar-refractivity contribution in [2.24, 2.45) is 0 Å². The summed E-state index contributed by atoms with van der Waals surface area (Å²) in [5.74, 6) is 0.0784. The molecule has 14 heavy (non-hydrogen) atoms. The number of carboxylic acid groups (broad SMARTS) is 1. The van der Waals surface area contributed by atoms with E-state index in [0.717, 1.165) is 0 Å². The number of imide groups is 1. The molecular formula is C6H8N5O3-. The van der Waals surface area contributed by atoms with Crippen molar-refractivity contribution in [3.05, 3.63) is 6.33 Å². The Morgan fingerprint density at radius 3 is 2.86 bits per heavy atom. The Morgan fingerprint density at radius 1 is 1.71 bits per heavy atom. The molecule has 0 aliphatic rings. The summed E-state index contributed by atoms with van der Waals surface area (Å²) in [6.07, 6.45) is -0.380. The summed E-state index contributed by atoms with van der Waals surface area (Å²) in [6, 6.07) is -0.829. The summed E-state index contributed by atoms with van der Waals surface area (Å²) in [5.41, 5.74) is 0. The van der Waals surface area contributed by atoms with Crippen LogP contribution in [0, 0.1) is 0 Å². The highest BCUT2D eigenvalue weighted by Gasteiger charge is 2.13. The van der Waals surface area contributed by atoms with Crippen LogP contribution < -0.4 is 10.4 Å². The number of urea groups is 1. The molecule has 0 saturated heterocycles. The number of rotatable bonds is 2. The molecule has 0 aliphatic heterocycles. The van der Waals surface area contributed by atoms with Crippen LogP contribution in [0.1, 0.15) is 6.92 Å². The first-order valence-electron chi connectivity index (χ1n) is 3.80. The third-order valence-electron chi connectivity index (χ3n) is 1.42. The van der Waals surface area contributed by atoms with Crippen molar-refractivity contribution < 1.29 is 14.7 Å². The topological polar surface area (TPSA) is 114 Å². The van der Waals surface area contributed by atoms with Crippen LogP contribution in [-0.2, 0) is 0 Å². The Hall–Kier alpha value is -2.12. The van der Waals surface area contributed by atoms with Crippen molar-refractivity contribution in [2.75, 3.05) is 11.9 Å². The maximum Gasteiger partial charge on any atom is 0.329 e. The molecule has 1 aromatic heterocycles. The molecule has 0 atom stereocenters. The van der Waals surface area contributed by atoms with Gasteiger partial charge in [0, 0.05) is 6.54 Å². The highest BCUT2D eigenvalue weighted by Crippen LogP contribution is 1.96. The summed E-state index contributed by atoms with van der Waals surface area (Å²) < 4.78 is 0. The standard InChI is InChI=1S/C6H9N5O3/c1-2-11(6(13)14)5(12)9-4-7-3-8-10-4/h3H,2H2,1H3,(H,13,14)(H2,7,8,9,10,12)/p-1. The highest BCUT2D eigenvalue weighted by molar-refractivity contribution is 5.96. The van der Waals surface area contributed by atoms with Gasteiger partial charge in [-0.1, -0.05) is 0 Å². The third kappa shape index (κ3) is 2.19. The van der Waals surface area contributed by atoms with Gasteiger partial charge >= 0.3 is 6.03 Å². The number of aromatic nitrogens is 3. The molecule has 3 amide bonds. The molecule has 1 aromatic rings. The SMILES string of the molecule is CCN(C(=O)[O-])C(=O)Nc1ncn[nH]1. The normalized spacial score (nSPS) is 9.50. The molecule has 8 nitrogen and oxygen atoms in total. The second kappa shape index (κ2) is 4.21. The molecule has 2 N–H and O–H groups in total. The molecule has 0 aliphatic carbocycles. The Labute approximate surface area is 78.9 Å². The van der Waals surface area contributed by atoms with Crippen molar-refractivity contribution >= 4 is 18.1 Å². The quantitative estimate of drug-likeness (QED) is 0.632. The van der Waals surface area contributed by atoms with E-state index in [-0.39, 0.29) is 12.5 Å². The smallest absolute Gasteiger partial charge is 0.329 e. The molecule has 0 unspecified atom stereocenters. The number of anilines is 1. The fourth-order valence-electron chi connectivity index (χ4n) is 0.790. The Bertz CT molecular complexity index is 322. The van der Waals surface area contributed by atoms with Gasteiger partial charge in [0.2, 0.25) is 5.95 Å². The number of nitrogens with one attached hydrogen (secondary N) is 2. The van der Waals surface area contributed by atoms with Gasteiger partial charge in [-0.05, 0) is 6.92 Å². The molecule has 0 fully saturated rings. The molecule has 0 aromatic carbocycles. The van der Waals surface area contributed by atoms with Gasteiger partial charge in [0.15, 0.2) is 0 Å². The summed E-state index contributed by atoms with van der Waals surface area (Å²) in [7, 11) is 0. The van der Waals surface area contributed by atoms with Crippen LogP contribution >= 0.6 is 0 Å². The van der Waals surface area contributed by atoms with Crippen molar-refractivity contribution in [1.82, 2.24) is 20.1 Å². The number of H-pyrrole nitrogens is 1. The van der Waals surface area contributed by atoms with Crippen LogP contribution in [0.25, 0.3) is 0 Å². The Kier molecular flexibility index (Phi) is 3.00. The summed E-state index contributed by atoms with van der Waals surface area (Å²) >= 11 is 0. The molecule has 0 spiro atoms. The van der Waals surface area contributed by atoms with Gasteiger partial charge in [0.1, 0.15) is 12.4 Å². The fourth-order valence-corrected chi connectivity index (χ4v) is 0.790. The highest BCUT2D eigenvalue weighted by atomic mass is 16.4. The average molecular weight is 198 g/mol. The van der Waals surface area contributed by atoms with Crippen LogP contribution in [0.2, 0.25) is 0 Å². The van der Waals surface area contributed by atoms with Crippen molar-refractivity contribution in [2.45, 2.75) is 6.92 Å².